The van der Waals surface area contributed by atoms with Crippen LogP contribution in [0.5, 0.6) is 0 Å². The van der Waals surface area contributed by atoms with Crippen LogP contribution in [0.15, 0.2) is 48.5 Å². The van der Waals surface area contributed by atoms with E-state index in [0.29, 0.717) is 12.0 Å². The lowest BCUT2D eigenvalue weighted by Gasteiger charge is -2.44. The minimum absolute atomic E-state index is 0.0358. The third-order valence-corrected chi connectivity index (χ3v) is 8.29. The third-order valence-electron chi connectivity index (χ3n) is 7.57. The normalized spacial score (nSPS) is 20.6. The number of nitrogens with one attached hydrogen (secondary N) is 1. The van der Waals surface area contributed by atoms with E-state index in [4.69, 9.17) is 0 Å². The van der Waals surface area contributed by atoms with Crippen molar-refractivity contribution in [1.82, 2.24) is 10.2 Å². The van der Waals surface area contributed by atoms with Crippen LogP contribution in [0.2, 0.25) is 0 Å². The van der Waals surface area contributed by atoms with Gasteiger partial charge in [-0.15, -0.1) is 0 Å². The number of rotatable bonds is 7. The van der Waals surface area contributed by atoms with E-state index in [-0.39, 0.29) is 37.4 Å². The fourth-order valence-electron chi connectivity index (χ4n) is 5.13. The highest BCUT2D eigenvalue weighted by molar-refractivity contribution is 14.1. The lowest BCUT2D eigenvalue weighted by Crippen LogP contribution is -2.58. The number of amides is 1. The first-order valence-electron chi connectivity index (χ1n) is 11.8. The van der Waals surface area contributed by atoms with Gasteiger partial charge in [0.25, 0.3) is 0 Å². The van der Waals surface area contributed by atoms with Gasteiger partial charge in [-0.1, -0.05) is 30.7 Å². The maximum absolute atomic E-state index is 13.8. The molecule has 0 bridgehead atoms. The number of hydrogen-bond acceptors (Lipinski definition) is 3. The Bertz CT molecular complexity index is 1030. The van der Waals surface area contributed by atoms with Gasteiger partial charge in [0, 0.05) is 29.2 Å². The fourth-order valence-corrected chi connectivity index (χ4v) is 5.49. The predicted octanol–water partition coefficient (Wildman–Crippen LogP) is 4.97. The zero-order valence-corrected chi connectivity index (χ0v) is 21.4. The Balaban J connectivity index is 1.48. The van der Waals surface area contributed by atoms with Gasteiger partial charge in [-0.3, -0.25) is 9.69 Å². The number of hydrogen-bond donors (Lipinski definition) is 2. The van der Waals surface area contributed by atoms with Gasteiger partial charge in [0.2, 0.25) is 5.91 Å². The van der Waals surface area contributed by atoms with Crippen LogP contribution in [0.4, 0.5) is 17.6 Å². The quantitative estimate of drug-likeness (QED) is 0.347. The first-order chi connectivity index (χ1) is 16.5. The summed E-state index contributed by atoms with van der Waals surface area (Å²) in [6.45, 7) is 0.300. The molecular formula is C26H29F4IN2O2. The number of benzene rings is 2. The Morgan fingerprint density at radius 1 is 1.09 bits per heavy atom. The number of piperidine rings is 1. The third kappa shape index (κ3) is 5.67. The van der Waals surface area contributed by atoms with Gasteiger partial charge in [0.15, 0.2) is 5.60 Å². The maximum atomic E-state index is 13.8. The molecule has 1 heterocycles. The van der Waals surface area contributed by atoms with Crippen LogP contribution < -0.4 is 5.32 Å². The van der Waals surface area contributed by atoms with Crippen molar-refractivity contribution in [1.29, 1.82) is 0 Å². The number of likely N-dealkylation sites (tertiary alicyclic amines) is 1. The van der Waals surface area contributed by atoms with E-state index in [0.717, 1.165) is 28.4 Å². The van der Waals surface area contributed by atoms with Gasteiger partial charge < -0.3 is 10.4 Å². The molecule has 4 rings (SSSR count). The van der Waals surface area contributed by atoms with Crippen LogP contribution in [0.1, 0.15) is 43.2 Å². The molecule has 1 saturated carbocycles. The first-order valence-corrected chi connectivity index (χ1v) is 12.9. The number of halogens is 5. The standard InChI is InChI=1S/C26H29F4IN2O2/c27-20-4-1-3-18(15-20)16-22(33-13-11-25(35,12-14-33)26(28,29)30)17-32-23(34)24(9-2-10-24)19-5-7-21(31)8-6-19/h1,3-8,15,22,35H,2,9-14,16-17H2,(H,32,34)/t22-/m0/s1. The Morgan fingerprint density at radius 3 is 2.29 bits per heavy atom. The topological polar surface area (TPSA) is 52.6 Å². The number of alkyl halides is 3. The average Bonchev–Trinajstić information content (AvgIpc) is 2.77. The number of nitrogens with zero attached hydrogens (tertiary/aromatic N) is 1. The molecule has 1 amide bonds. The molecule has 0 spiro atoms. The largest absolute Gasteiger partial charge is 0.417 e. The molecular weight excluding hydrogens is 575 g/mol. The van der Waals surface area contributed by atoms with Crippen molar-refractivity contribution < 1.29 is 27.5 Å². The maximum Gasteiger partial charge on any atom is 0.417 e. The zero-order valence-electron chi connectivity index (χ0n) is 19.3. The summed E-state index contributed by atoms with van der Waals surface area (Å²) < 4.78 is 54.8. The Kier molecular flexibility index (Phi) is 7.78. The highest BCUT2D eigenvalue weighted by Gasteiger charge is 2.55. The van der Waals surface area contributed by atoms with E-state index in [9.17, 15) is 27.5 Å². The van der Waals surface area contributed by atoms with Gasteiger partial charge in [-0.2, -0.15) is 13.2 Å². The van der Waals surface area contributed by atoms with Crippen LogP contribution >= 0.6 is 22.6 Å². The van der Waals surface area contributed by atoms with Crippen LogP contribution in [-0.4, -0.2) is 53.4 Å². The summed E-state index contributed by atoms with van der Waals surface area (Å²) in [5.74, 6) is -0.472. The van der Waals surface area contributed by atoms with Gasteiger partial charge in [0.1, 0.15) is 5.82 Å². The second-order valence-corrected chi connectivity index (χ2v) is 11.0. The molecule has 2 aromatic rings. The van der Waals surface area contributed by atoms with Gasteiger partial charge in [0.05, 0.1) is 5.41 Å². The summed E-state index contributed by atoms with van der Waals surface area (Å²) in [7, 11) is 0. The van der Waals surface area contributed by atoms with E-state index in [1.165, 1.54) is 12.1 Å². The van der Waals surface area contributed by atoms with Crippen LogP contribution in [0.3, 0.4) is 0 Å². The molecule has 1 aliphatic carbocycles. The summed E-state index contributed by atoms with van der Waals surface area (Å²) >= 11 is 2.22. The van der Waals surface area contributed by atoms with E-state index < -0.39 is 30.0 Å². The Labute approximate surface area is 216 Å². The summed E-state index contributed by atoms with van der Waals surface area (Å²) in [6.07, 6.45) is -2.73. The number of carbonyl (C=O) groups is 1. The van der Waals surface area contributed by atoms with E-state index in [1.54, 1.807) is 12.1 Å². The van der Waals surface area contributed by atoms with Crippen molar-refractivity contribution in [2.45, 2.75) is 61.8 Å². The zero-order chi connectivity index (χ0) is 25.3. The smallest absolute Gasteiger partial charge is 0.380 e. The summed E-state index contributed by atoms with van der Waals surface area (Å²) in [4.78, 5) is 15.2. The van der Waals surface area contributed by atoms with Crippen molar-refractivity contribution in [3.63, 3.8) is 0 Å². The van der Waals surface area contributed by atoms with Crippen LogP contribution in [-0.2, 0) is 16.6 Å². The molecule has 190 valence electrons. The summed E-state index contributed by atoms with van der Waals surface area (Å²) in [5, 5.41) is 13.1. The van der Waals surface area contributed by atoms with Gasteiger partial charge in [-0.05, 0) is 90.1 Å². The fraction of sp³-hybridized carbons (Fsp3) is 0.500. The lowest BCUT2D eigenvalue weighted by molar-refractivity contribution is -0.273. The summed E-state index contributed by atoms with van der Waals surface area (Å²) in [5.41, 5.74) is -1.61. The van der Waals surface area contributed by atoms with E-state index in [2.05, 4.69) is 27.9 Å². The van der Waals surface area contributed by atoms with Gasteiger partial charge in [-0.25, -0.2) is 4.39 Å². The van der Waals surface area contributed by atoms with Gasteiger partial charge >= 0.3 is 6.18 Å². The molecule has 1 atom stereocenters. The minimum Gasteiger partial charge on any atom is -0.380 e. The van der Waals surface area contributed by atoms with E-state index in [1.807, 2.05) is 29.2 Å². The molecule has 1 aliphatic heterocycles. The highest BCUT2D eigenvalue weighted by Crippen LogP contribution is 2.44. The first kappa shape index (κ1) is 26.3. The number of aliphatic hydroxyl groups is 1. The molecule has 0 unspecified atom stereocenters. The lowest BCUT2D eigenvalue weighted by atomic mass is 9.64. The molecule has 9 heteroatoms. The highest BCUT2D eigenvalue weighted by atomic mass is 127. The van der Waals surface area contributed by atoms with Crippen molar-refractivity contribution in [3.05, 3.63) is 69.0 Å². The molecule has 35 heavy (non-hydrogen) atoms. The molecule has 0 radical (unpaired) electrons. The molecule has 1 saturated heterocycles. The SMILES string of the molecule is O=C(NC[C@H](Cc1cccc(F)c1)N1CCC(O)(C(F)(F)F)CC1)C1(c2ccc(I)cc2)CCC1. The molecule has 2 fully saturated rings. The van der Waals surface area contributed by atoms with Crippen LogP contribution in [0.25, 0.3) is 0 Å². The Morgan fingerprint density at radius 2 is 1.74 bits per heavy atom. The van der Waals surface area contributed by atoms with Crippen molar-refractivity contribution in [2.75, 3.05) is 19.6 Å². The minimum atomic E-state index is -4.69. The van der Waals surface area contributed by atoms with Crippen molar-refractivity contribution in [3.8, 4) is 0 Å². The second kappa shape index (κ2) is 10.3. The predicted molar refractivity (Wildman–Crippen MR) is 133 cm³/mol. The molecule has 0 aromatic heterocycles. The number of carbonyl (C=O) groups excluding carboxylic acids is 1. The molecule has 2 aromatic carbocycles. The van der Waals surface area contributed by atoms with Crippen LogP contribution in [0, 0.1) is 9.39 Å². The molecule has 2 N–H and O–H groups in total. The average molecular weight is 604 g/mol. The van der Waals surface area contributed by atoms with Crippen molar-refractivity contribution in [2.24, 2.45) is 0 Å². The van der Waals surface area contributed by atoms with Crippen molar-refractivity contribution >= 4 is 28.5 Å². The van der Waals surface area contributed by atoms with E-state index >= 15 is 0 Å². The Hall–Kier alpha value is -1.72. The summed E-state index contributed by atoms with van der Waals surface area (Å²) in [6, 6.07) is 13.7. The second-order valence-electron chi connectivity index (χ2n) is 9.71. The molecule has 2 aliphatic rings. The molecule has 4 nitrogen and oxygen atoms in total. The monoisotopic (exact) mass is 604 g/mol.